The van der Waals surface area contributed by atoms with E-state index >= 15 is 0 Å². The third-order valence-electron chi connectivity index (χ3n) is 1.87. The molecule has 2 nitrogen and oxygen atoms in total. The molecule has 0 unspecified atom stereocenters. The van der Waals surface area contributed by atoms with Crippen LogP contribution in [0.1, 0.15) is 20.3 Å². The van der Waals surface area contributed by atoms with Gasteiger partial charge in [-0.1, -0.05) is 12.2 Å². The fourth-order valence-electron chi connectivity index (χ4n) is 1.19. The Balaban J connectivity index is 2.26. The summed E-state index contributed by atoms with van der Waals surface area (Å²) in [7, 11) is 0. The number of carbonyl (C=O) groups excluding carboxylic acids is 1. The van der Waals surface area contributed by atoms with Gasteiger partial charge in [-0.05, 0) is 26.2 Å². The molecule has 0 amide bonds. The maximum atomic E-state index is 11.0. The van der Waals surface area contributed by atoms with Gasteiger partial charge in [0.2, 0.25) is 0 Å². The van der Waals surface area contributed by atoms with Crippen LogP contribution in [0.15, 0.2) is 12.2 Å². The Bertz CT molecular complexity index is 172. The van der Waals surface area contributed by atoms with E-state index in [1.165, 1.54) is 0 Å². The molecule has 1 aliphatic rings. The summed E-state index contributed by atoms with van der Waals surface area (Å²) in [5, 5.41) is 0. The smallest absolute Gasteiger partial charge is 0.309 e. The first-order chi connectivity index (χ1) is 5.29. The van der Waals surface area contributed by atoms with Crippen molar-refractivity contribution in [2.45, 2.75) is 20.3 Å². The number of esters is 1. The van der Waals surface area contributed by atoms with Gasteiger partial charge in [0.1, 0.15) is 0 Å². The summed E-state index contributed by atoms with van der Waals surface area (Å²) in [6, 6.07) is 0. The van der Waals surface area contributed by atoms with Gasteiger partial charge in [0.15, 0.2) is 0 Å². The van der Waals surface area contributed by atoms with Gasteiger partial charge in [-0.25, -0.2) is 0 Å². The van der Waals surface area contributed by atoms with Crippen LogP contribution in [0.3, 0.4) is 0 Å². The standard InChI is InChI=1S/C9H14O2/c1-3-5-7-6-8(7)9(10)11-4-2/h3,5,7-8H,4,6H2,1-2H3/b5-3+/t7-,8-/m0/s1. The van der Waals surface area contributed by atoms with Gasteiger partial charge in [0.05, 0.1) is 12.5 Å². The molecule has 2 heteroatoms. The van der Waals surface area contributed by atoms with Crippen molar-refractivity contribution in [3.05, 3.63) is 12.2 Å². The molecule has 0 aromatic rings. The van der Waals surface area contributed by atoms with Crippen molar-refractivity contribution in [3.63, 3.8) is 0 Å². The lowest BCUT2D eigenvalue weighted by atomic mass is 10.3. The molecule has 1 fully saturated rings. The Morgan fingerprint density at radius 1 is 1.73 bits per heavy atom. The quantitative estimate of drug-likeness (QED) is 0.457. The molecule has 0 aromatic carbocycles. The minimum absolute atomic E-state index is 0.0319. The van der Waals surface area contributed by atoms with Gasteiger partial charge in [-0.2, -0.15) is 0 Å². The van der Waals surface area contributed by atoms with E-state index in [-0.39, 0.29) is 11.9 Å². The predicted octanol–water partition coefficient (Wildman–Crippen LogP) is 1.76. The van der Waals surface area contributed by atoms with Crippen LogP contribution < -0.4 is 0 Å². The van der Waals surface area contributed by atoms with Gasteiger partial charge in [-0.3, -0.25) is 4.79 Å². The monoisotopic (exact) mass is 154 g/mol. The molecule has 0 bridgehead atoms. The summed E-state index contributed by atoms with van der Waals surface area (Å²) in [6.07, 6.45) is 5.04. The second-order valence-corrected chi connectivity index (χ2v) is 2.78. The molecule has 0 saturated heterocycles. The van der Waals surface area contributed by atoms with Gasteiger partial charge < -0.3 is 4.74 Å². The fraction of sp³-hybridized carbons (Fsp3) is 0.667. The molecule has 62 valence electrons. The molecule has 1 saturated carbocycles. The predicted molar refractivity (Wildman–Crippen MR) is 43.0 cm³/mol. The van der Waals surface area contributed by atoms with Crippen molar-refractivity contribution in [3.8, 4) is 0 Å². The lowest BCUT2D eigenvalue weighted by Gasteiger charge is -1.97. The fourth-order valence-corrected chi connectivity index (χ4v) is 1.19. The zero-order valence-corrected chi connectivity index (χ0v) is 7.04. The summed E-state index contributed by atoms with van der Waals surface area (Å²) in [4.78, 5) is 11.0. The molecule has 0 radical (unpaired) electrons. The Hall–Kier alpha value is -0.790. The van der Waals surface area contributed by atoms with Crippen LogP contribution >= 0.6 is 0 Å². The SMILES string of the molecule is C/C=C/[C@H]1C[C@@H]1C(=O)OCC. The Kier molecular flexibility index (Phi) is 2.69. The summed E-state index contributed by atoms with van der Waals surface area (Å²) in [6.45, 7) is 4.31. The number of ether oxygens (including phenoxy) is 1. The van der Waals surface area contributed by atoms with Gasteiger partial charge in [0.25, 0.3) is 0 Å². The zero-order chi connectivity index (χ0) is 8.27. The van der Waals surface area contributed by atoms with E-state index in [0.29, 0.717) is 12.5 Å². The largest absolute Gasteiger partial charge is 0.466 e. The van der Waals surface area contributed by atoms with E-state index in [0.717, 1.165) is 6.42 Å². The van der Waals surface area contributed by atoms with Crippen LogP contribution in [-0.4, -0.2) is 12.6 Å². The molecule has 0 aliphatic heterocycles. The van der Waals surface area contributed by atoms with E-state index in [1.807, 2.05) is 19.9 Å². The third kappa shape index (κ3) is 2.07. The highest BCUT2D eigenvalue weighted by atomic mass is 16.5. The van der Waals surface area contributed by atoms with E-state index in [1.54, 1.807) is 0 Å². The highest BCUT2D eigenvalue weighted by molar-refractivity contribution is 5.76. The molecule has 2 atom stereocenters. The number of hydrogen-bond donors (Lipinski definition) is 0. The molecular formula is C9H14O2. The van der Waals surface area contributed by atoms with Crippen molar-refractivity contribution in [2.24, 2.45) is 11.8 Å². The van der Waals surface area contributed by atoms with Gasteiger partial charge >= 0.3 is 5.97 Å². The maximum absolute atomic E-state index is 11.0. The Labute approximate surface area is 67.2 Å². The molecule has 0 aromatic heterocycles. The third-order valence-corrected chi connectivity index (χ3v) is 1.87. The summed E-state index contributed by atoms with van der Waals surface area (Å²) < 4.78 is 4.87. The lowest BCUT2D eigenvalue weighted by molar-refractivity contribution is -0.144. The van der Waals surface area contributed by atoms with Crippen LogP contribution in [0.4, 0.5) is 0 Å². The van der Waals surface area contributed by atoms with E-state index in [2.05, 4.69) is 6.08 Å². The lowest BCUT2D eigenvalue weighted by Crippen LogP contribution is -2.06. The Morgan fingerprint density at radius 3 is 3.00 bits per heavy atom. The molecule has 0 heterocycles. The highest BCUT2D eigenvalue weighted by Gasteiger charge is 2.41. The Morgan fingerprint density at radius 2 is 2.45 bits per heavy atom. The average molecular weight is 154 g/mol. The van der Waals surface area contributed by atoms with Crippen LogP contribution in [0.25, 0.3) is 0 Å². The number of hydrogen-bond acceptors (Lipinski definition) is 2. The van der Waals surface area contributed by atoms with Crippen LogP contribution in [0, 0.1) is 11.8 Å². The van der Waals surface area contributed by atoms with Crippen LogP contribution in [-0.2, 0) is 9.53 Å². The van der Waals surface area contributed by atoms with Crippen molar-refractivity contribution in [2.75, 3.05) is 6.61 Å². The first kappa shape index (κ1) is 8.31. The number of rotatable bonds is 3. The molecule has 11 heavy (non-hydrogen) atoms. The summed E-state index contributed by atoms with van der Waals surface area (Å²) in [5.41, 5.74) is 0. The maximum Gasteiger partial charge on any atom is 0.309 e. The van der Waals surface area contributed by atoms with E-state index in [4.69, 9.17) is 4.74 Å². The minimum atomic E-state index is -0.0319. The molecular weight excluding hydrogens is 140 g/mol. The van der Waals surface area contributed by atoms with Crippen molar-refractivity contribution in [1.29, 1.82) is 0 Å². The minimum Gasteiger partial charge on any atom is -0.466 e. The first-order valence-electron chi connectivity index (χ1n) is 4.09. The van der Waals surface area contributed by atoms with Crippen molar-refractivity contribution >= 4 is 5.97 Å². The zero-order valence-electron chi connectivity index (χ0n) is 7.04. The molecule has 1 rings (SSSR count). The van der Waals surface area contributed by atoms with Gasteiger partial charge in [-0.15, -0.1) is 0 Å². The molecule has 0 spiro atoms. The summed E-state index contributed by atoms with van der Waals surface area (Å²) in [5.74, 6) is 0.584. The number of carbonyl (C=O) groups is 1. The van der Waals surface area contributed by atoms with Crippen LogP contribution in [0.5, 0.6) is 0 Å². The topological polar surface area (TPSA) is 26.3 Å². The second kappa shape index (κ2) is 3.56. The normalized spacial score (nSPS) is 28.9. The van der Waals surface area contributed by atoms with Gasteiger partial charge in [0, 0.05) is 0 Å². The molecule has 0 N–H and O–H groups in total. The first-order valence-corrected chi connectivity index (χ1v) is 4.09. The van der Waals surface area contributed by atoms with E-state index < -0.39 is 0 Å². The molecule has 1 aliphatic carbocycles. The van der Waals surface area contributed by atoms with Crippen molar-refractivity contribution in [1.82, 2.24) is 0 Å². The van der Waals surface area contributed by atoms with Crippen molar-refractivity contribution < 1.29 is 9.53 Å². The number of allylic oxidation sites excluding steroid dienone is 2. The van der Waals surface area contributed by atoms with E-state index in [9.17, 15) is 4.79 Å². The summed E-state index contributed by atoms with van der Waals surface area (Å²) >= 11 is 0. The average Bonchev–Trinajstić information content (AvgIpc) is 2.69. The second-order valence-electron chi connectivity index (χ2n) is 2.78. The van der Waals surface area contributed by atoms with Crippen LogP contribution in [0.2, 0.25) is 0 Å². The highest BCUT2D eigenvalue weighted by Crippen LogP contribution is 2.40.